The molecule has 4 aliphatic carbocycles. The maximum absolute atomic E-state index is 13.3. The zero-order chi connectivity index (χ0) is 18.9. The van der Waals surface area contributed by atoms with Crippen LogP contribution in [0.15, 0.2) is 30.3 Å². The lowest BCUT2D eigenvalue weighted by Crippen LogP contribution is -2.87. The van der Waals surface area contributed by atoms with Gasteiger partial charge in [-0.25, -0.2) is 0 Å². The summed E-state index contributed by atoms with van der Waals surface area (Å²) in [5, 5.41) is 11.3. The van der Waals surface area contributed by atoms with Gasteiger partial charge in [0.1, 0.15) is 6.04 Å². The molecule has 0 unspecified atom stereocenters. The van der Waals surface area contributed by atoms with E-state index in [4.69, 9.17) is 5.26 Å². The number of rotatable bonds is 7. The number of hydrogen-bond acceptors (Lipinski definition) is 2. The van der Waals surface area contributed by atoms with E-state index in [1.807, 2.05) is 6.07 Å². The molecular weight excluding hydrogens is 334 g/mol. The van der Waals surface area contributed by atoms with Crippen molar-refractivity contribution in [3.05, 3.63) is 35.9 Å². The highest BCUT2D eigenvalue weighted by Gasteiger charge is 2.54. The summed E-state index contributed by atoms with van der Waals surface area (Å²) in [5.74, 6) is 2.65. The van der Waals surface area contributed by atoms with E-state index in [9.17, 15) is 4.79 Å². The van der Waals surface area contributed by atoms with Gasteiger partial charge in [-0.3, -0.25) is 4.79 Å². The van der Waals surface area contributed by atoms with Crippen molar-refractivity contribution >= 4 is 5.91 Å². The summed E-state index contributed by atoms with van der Waals surface area (Å²) in [6, 6.07) is 12.9. The molecule has 0 saturated heterocycles. The molecule has 27 heavy (non-hydrogen) atoms. The Balaban J connectivity index is 1.45. The zero-order valence-corrected chi connectivity index (χ0v) is 16.4. The molecule has 0 aliphatic heterocycles. The molecular formula is C23H32N3O+. The van der Waals surface area contributed by atoms with E-state index in [1.54, 1.807) is 0 Å². The lowest BCUT2D eigenvalue weighted by atomic mass is 9.52. The number of benzene rings is 1. The van der Waals surface area contributed by atoms with Crippen LogP contribution in [-0.4, -0.2) is 29.4 Å². The van der Waals surface area contributed by atoms with Gasteiger partial charge in [0.15, 0.2) is 6.54 Å². The number of hydrogen-bond donors (Lipinski definition) is 1. The largest absolute Gasteiger partial charge is 0.333 e. The molecule has 4 fully saturated rings. The maximum Gasteiger partial charge on any atom is 0.278 e. The molecule has 4 nitrogen and oxygen atoms in total. The monoisotopic (exact) mass is 366 g/mol. The van der Waals surface area contributed by atoms with Crippen LogP contribution in [-0.2, 0) is 4.79 Å². The van der Waals surface area contributed by atoms with Crippen LogP contribution in [0.3, 0.4) is 0 Å². The van der Waals surface area contributed by atoms with Crippen molar-refractivity contribution in [1.29, 1.82) is 5.26 Å². The lowest BCUT2D eigenvalue weighted by Gasteiger charge is -2.60. The number of nitriles is 1. The van der Waals surface area contributed by atoms with Crippen LogP contribution >= 0.6 is 0 Å². The highest BCUT2D eigenvalue weighted by atomic mass is 16.2. The summed E-state index contributed by atoms with van der Waals surface area (Å²) in [5.41, 5.74) is 1.30. The van der Waals surface area contributed by atoms with Gasteiger partial charge >= 0.3 is 0 Å². The van der Waals surface area contributed by atoms with E-state index in [0.29, 0.717) is 19.5 Å². The fourth-order valence-electron chi connectivity index (χ4n) is 6.46. The molecule has 5 rings (SSSR count). The quantitative estimate of drug-likeness (QED) is 0.806. The van der Waals surface area contributed by atoms with Gasteiger partial charge in [0.05, 0.1) is 12.5 Å². The minimum absolute atomic E-state index is 0.0481. The fraction of sp³-hybridized carbons (Fsp3) is 0.652. The van der Waals surface area contributed by atoms with Crippen molar-refractivity contribution in [2.24, 2.45) is 17.8 Å². The third-order valence-corrected chi connectivity index (χ3v) is 7.30. The normalized spacial score (nSPS) is 32.1. The first-order valence-electron chi connectivity index (χ1n) is 10.7. The second-order valence-corrected chi connectivity index (χ2v) is 9.23. The molecule has 0 heterocycles. The van der Waals surface area contributed by atoms with E-state index in [2.05, 4.69) is 47.5 Å². The van der Waals surface area contributed by atoms with Crippen molar-refractivity contribution in [2.45, 2.75) is 63.5 Å². The molecule has 1 aromatic rings. The maximum atomic E-state index is 13.3. The van der Waals surface area contributed by atoms with Crippen LogP contribution in [0.1, 0.15) is 63.5 Å². The van der Waals surface area contributed by atoms with Gasteiger partial charge in [-0.2, -0.15) is 5.26 Å². The SMILES string of the molecule is C[C@H]([NH2+]CC(=O)N(CCC#N)C12CC3CC(CC(C3)C1)C2)c1ccccc1. The molecule has 4 saturated carbocycles. The number of amides is 1. The van der Waals surface area contributed by atoms with E-state index in [-0.39, 0.29) is 17.5 Å². The molecule has 144 valence electrons. The van der Waals surface area contributed by atoms with Crippen molar-refractivity contribution < 1.29 is 10.1 Å². The Hall–Kier alpha value is -1.86. The van der Waals surface area contributed by atoms with Crippen LogP contribution in [0.25, 0.3) is 0 Å². The first-order valence-corrected chi connectivity index (χ1v) is 10.7. The average Bonchev–Trinajstić information content (AvgIpc) is 2.66. The smallest absolute Gasteiger partial charge is 0.278 e. The predicted octanol–water partition coefficient (Wildman–Crippen LogP) is 3.02. The van der Waals surface area contributed by atoms with Crippen LogP contribution in [0.2, 0.25) is 0 Å². The van der Waals surface area contributed by atoms with E-state index < -0.39 is 0 Å². The summed E-state index contributed by atoms with van der Waals surface area (Å²) in [7, 11) is 0. The standard InChI is InChI=1S/C23H31N3O/c1-17(21-6-3-2-4-7-21)25-16-22(27)26(9-5-8-24)23-13-18-10-19(14-23)12-20(11-18)15-23/h2-4,6-7,17-20,25H,5,9-16H2,1H3/p+1/t17-,18?,19?,20?,23?/m0/s1. The summed E-state index contributed by atoms with van der Waals surface area (Å²) < 4.78 is 0. The van der Waals surface area contributed by atoms with E-state index in [0.717, 1.165) is 17.8 Å². The third-order valence-electron chi connectivity index (χ3n) is 7.30. The van der Waals surface area contributed by atoms with Gasteiger partial charge in [-0.1, -0.05) is 30.3 Å². The van der Waals surface area contributed by atoms with Crippen molar-refractivity contribution in [2.75, 3.05) is 13.1 Å². The Morgan fingerprint density at radius 1 is 1.19 bits per heavy atom. The van der Waals surface area contributed by atoms with Crippen LogP contribution in [0.5, 0.6) is 0 Å². The molecule has 0 spiro atoms. The Kier molecular flexibility index (Phi) is 5.23. The average molecular weight is 367 g/mol. The number of quaternary nitrogens is 1. The second-order valence-electron chi connectivity index (χ2n) is 9.23. The molecule has 1 amide bonds. The number of nitrogens with zero attached hydrogens (tertiary/aromatic N) is 2. The molecule has 4 bridgehead atoms. The Bertz CT molecular complexity index is 673. The molecule has 4 aliphatic rings. The highest BCUT2D eigenvalue weighted by molar-refractivity contribution is 5.78. The predicted molar refractivity (Wildman–Crippen MR) is 104 cm³/mol. The number of carbonyl (C=O) groups excluding carboxylic acids is 1. The Morgan fingerprint density at radius 2 is 1.78 bits per heavy atom. The molecule has 0 radical (unpaired) electrons. The number of nitrogens with two attached hydrogens (primary N) is 1. The first-order chi connectivity index (χ1) is 13.1. The van der Waals surface area contributed by atoms with Gasteiger partial charge in [-0.05, 0) is 63.2 Å². The van der Waals surface area contributed by atoms with E-state index in [1.165, 1.54) is 44.1 Å². The molecule has 4 heteroatoms. The van der Waals surface area contributed by atoms with Gasteiger partial charge in [0.25, 0.3) is 5.91 Å². The molecule has 1 aromatic carbocycles. The number of carbonyl (C=O) groups is 1. The summed E-state index contributed by atoms with van der Waals surface area (Å²) in [4.78, 5) is 15.4. The molecule has 0 aromatic heterocycles. The van der Waals surface area contributed by atoms with Crippen LogP contribution in [0, 0.1) is 29.1 Å². The van der Waals surface area contributed by atoms with Gasteiger partial charge in [0.2, 0.25) is 0 Å². The fourth-order valence-corrected chi connectivity index (χ4v) is 6.46. The van der Waals surface area contributed by atoms with Crippen LogP contribution in [0.4, 0.5) is 0 Å². The second kappa shape index (κ2) is 7.64. The third kappa shape index (κ3) is 3.75. The Morgan fingerprint density at radius 3 is 2.33 bits per heavy atom. The van der Waals surface area contributed by atoms with Crippen molar-refractivity contribution in [1.82, 2.24) is 4.90 Å². The lowest BCUT2D eigenvalue weighted by molar-refractivity contribution is -0.683. The van der Waals surface area contributed by atoms with E-state index >= 15 is 0 Å². The van der Waals surface area contributed by atoms with Gasteiger partial charge < -0.3 is 10.2 Å². The Labute approximate surface area is 162 Å². The minimum Gasteiger partial charge on any atom is -0.333 e. The van der Waals surface area contributed by atoms with Gasteiger partial charge in [-0.15, -0.1) is 0 Å². The summed E-state index contributed by atoms with van der Waals surface area (Å²) in [6.45, 7) is 3.24. The summed E-state index contributed by atoms with van der Waals surface area (Å²) >= 11 is 0. The van der Waals surface area contributed by atoms with Crippen molar-refractivity contribution in [3.8, 4) is 6.07 Å². The highest BCUT2D eigenvalue weighted by Crippen LogP contribution is 2.57. The molecule has 2 N–H and O–H groups in total. The molecule has 1 atom stereocenters. The van der Waals surface area contributed by atoms with Crippen LogP contribution < -0.4 is 5.32 Å². The minimum atomic E-state index is 0.0481. The topological polar surface area (TPSA) is 60.7 Å². The van der Waals surface area contributed by atoms with Gasteiger partial charge in [0, 0.05) is 17.6 Å². The van der Waals surface area contributed by atoms with Crippen molar-refractivity contribution in [3.63, 3.8) is 0 Å². The summed E-state index contributed by atoms with van der Waals surface area (Å²) in [6.07, 6.45) is 8.07. The first kappa shape index (κ1) is 18.5. The zero-order valence-electron chi connectivity index (χ0n) is 16.4.